The number of rotatable bonds is 4. The van der Waals surface area contributed by atoms with E-state index in [-0.39, 0.29) is 16.5 Å². The van der Waals surface area contributed by atoms with Crippen molar-refractivity contribution in [3.63, 3.8) is 0 Å². The van der Waals surface area contributed by atoms with E-state index < -0.39 is 0 Å². The summed E-state index contributed by atoms with van der Waals surface area (Å²) in [6.45, 7) is 4.77. The molecule has 0 N–H and O–H groups in total. The summed E-state index contributed by atoms with van der Waals surface area (Å²) in [5.74, 6) is 0. The van der Waals surface area contributed by atoms with Crippen LogP contribution in [0.2, 0.25) is 5.28 Å². The van der Waals surface area contributed by atoms with Crippen molar-refractivity contribution in [2.75, 3.05) is 0 Å². The highest BCUT2D eigenvalue weighted by Gasteiger charge is 2.19. The van der Waals surface area contributed by atoms with Gasteiger partial charge in [-0.3, -0.25) is 13.9 Å². The van der Waals surface area contributed by atoms with Gasteiger partial charge < -0.3 is 4.57 Å². The summed E-state index contributed by atoms with van der Waals surface area (Å²) in [5.41, 5.74) is 1.00. The van der Waals surface area contributed by atoms with E-state index >= 15 is 0 Å². The second-order valence-corrected chi connectivity index (χ2v) is 5.54. The Labute approximate surface area is 137 Å². The maximum atomic E-state index is 12.7. The monoisotopic (exact) mass is 332 g/mol. The first-order chi connectivity index (χ1) is 11.1. The first kappa shape index (κ1) is 15.6. The predicted octanol–water partition coefficient (Wildman–Crippen LogP) is 2.10. The van der Waals surface area contributed by atoms with Crippen molar-refractivity contribution in [3.8, 4) is 0 Å². The predicted molar refractivity (Wildman–Crippen MR) is 90.2 cm³/mol. The Morgan fingerprint density at radius 1 is 1.00 bits per heavy atom. The number of nitrogens with zero attached hydrogens (tertiary/aromatic N) is 4. The minimum absolute atomic E-state index is 0.205. The first-order valence-electron chi connectivity index (χ1n) is 7.51. The number of hydrogen-bond acceptors (Lipinski definition) is 3. The zero-order chi connectivity index (χ0) is 16.6. The van der Waals surface area contributed by atoms with Gasteiger partial charge in [0.05, 0.1) is 6.54 Å². The smallest absolute Gasteiger partial charge is 0.304 e. The molecule has 0 aliphatic heterocycles. The van der Waals surface area contributed by atoms with Crippen LogP contribution in [0.5, 0.6) is 0 Å². The van der Waals surface area contributed by atoms with Crippen molar-refractivity contribution in [1.82, 2.24) is 18.7 Å². The van der Waals surface area contributed by atoms with Gasteiger partial charge in [-0.25, -0.2) is 4.79 Å². The summed E-state index contributed by atoms with van der Waals surface area (Å²) in [7, 11) is 0. The largest absolute Gasteiger partial charge is 0.332 e. The number of fused-ring (bicyclic) bond motifs is 1. The molecule has 3 aromatic rings. The molecule has 0 saturated heterocycles. The van der Waals surface area contributed by atoms with E-state index in [1.165, 1.54) is 9.13 Å². The summed E-state index contributed by atoms with van der Waals surface area (Å²) in [6.07, 6.45) is 0. The second kappa shape index (κ2) is 6.04. The number of aryl methyl sites for hydroxylation is 1. The molecule has 0 aliphatic rings. The van der Waals surface area contributed by atoms with Gasteiger partial charge in [0.25, 0.3) is 5.56 Å². The van der Waals surface area contributed by atoms with Gasteiger partial charge in [0.15, 0.2) is 11.2 Å². The van der Waals surface area contributed by atoms with Crippen LogP contribution in [-0.2, 0) is 19.6 Å². The molecule has 23 heavy (non-hydrogen) atoms. The third-order valence-corrected chi connectivity index (χ3v) is 4.17. The average Bonchev–Trinajstić information content (AvgIpc) is 2.86. The van der Waals surface area contributed by atoms with Gasteiger partial charge >= 0.3 is 5.69 Å². The molecule has 0 saturated carbocycles. The van der Waals surface area contributed by atoms with Crippen molar-refractivity contribution >= 4 is 22.8 Å². The van der Waals surface area contributed by atoms with Crippen molar-refractivity contribution in [1.29, 1.82) is 0 Å². The van der Waals surface area contributed by atoms with E-state index in [2.05, 4.69) is 4.98 Å². The summed E-state index contributed by atoms with van der Waals surface area (Å²) in [4.78, 5) is 29.3. The van der Waals surface area contributed by atoms with Gasteiger partial charge in [-0.2, -0.15) is 4.98 Å². The first-order valence-corrected chi connectivity index (χ1v) is 7.89. The van der Waals surface area contributed by atoms with Crippen LogP contribution in [0.3, 0.4) is 0 Å². The molecular weight excluding hydrogens is 316 g/mol. The van der Waals surface area contributed by atoms with Gasteiger partial charge in [0.2, 0.25) is 5.28 Å². The molecule has 0 atom stereocenters. The lowest BCUT2D eigenvalue weighted by molar-refractivity contribution is 0.603. The van der Waals surface area contributed by atoms with E-state index in [4.69, 9.17) is 11.6 Å². The summed E-state index contributed by atoms with van der Waals surface area (Å²) in [5, 5.41) is 0.205. The minimum Gasteiger partial charge on any atom is -0.304 e. The Kier molecular flexibility index (Phi) is 4.09. The lowest BCUT2D eigenvalue weighted by Gasteiger charge is -2.10. The molecule has 1 aromatic carbocycles. The fourth-order valence-electron chi connectivity index (χ4n) is 2.74. The van der Waals surface area contributed by atoms with Gasteiger partial charge in [0.1, 0.15) is 0 Å². The van der Waals surface area contributed by atoms with Crippen LogP contribution < -0.4 is 11.2 Å². The fourth-order valence-corrected chi connectivity index (χ4v) is 2.96. The lowest BCUT2D eigenvalue weighted by atomic mass is 10.2. The Hall–Kier alpha value is -2.34. The fraction of sp³-hybridized carbons (Fsp3) is 0.312. The van der Waals surface area contributed by atoms with Gasteiger partial charge in [0, 0.05) is 13.1 Å². The standard InChI is InChI=1S/C16H17ClN4O2/c1-3-19-13-12(14(22)20(4-2)16(19)23)21(15(17)18-13)10-11-8-6-5-7-9-11/h5-9H,3-4,10H2,1-2H3. The molecule has 2 aromatic heterocycles. The zero-order valence-electron chi connectivity index (χ0n) is 13.0. The number of benzene rings is 1. The number of halogens is 1. The van der Waals surface area contributed by atoms with Crippen molar-refractivity contribution in [3.05, 3.63) is 62.0 Å². The topological polar surface area (TPSA) is 61.8 Å². The van der Waals surface area contributed by atoms with Crippen LogP contribution in [0.15, 0.2) is 39.9 Å². The molecule has 0 amide bonds. The average molecular weight is 333 g/mol. The Morgan fingerprint density at radius 2 is 1.65 bits per heavy atom. The summed E-state index contributed by atoms with van der Waals surface area (Å²) < 4.78 is 4.35. The van der Waals surface area contributed by atoms with Crippen LogP contribution >= 0.6 is 11.6 Å². The number of aromatic nitrogens is 4. The Bertz CT molecular complexity index is 970. The highest BCUT2D eigenvalue weighted by Crippen LogP contribution is 2.18. The molecule has 3 rings (SSSR count). The molecule has 0 unspecified atom stereocenters. The SMILES string of the molecule is CCn1c(=O)c2c(nc(Cl)n2Cc2ccccc2)n(CC)c1=O. The molecule has 6 nitrogen and oxygen atoms in total. The number of hydrogen-bond donors (Lipinski definition) is 0. The molecule has 0 aliphatic carbocycles. The highest BCUT2D eigenvalue weighted by atomic mass is 35.5. The van der Waals surface area contributed by atoms with Crippen molar-refractivity contribution in [2.45, 2.75) is 33.5 Å². The summed E-state index contributed by atoms with van der Waals surface area (Å²) in [6, 6.07) is 9.69. The van der Waals surface area contributed by atoms with Gasteiger partial charge in [-0.1, -0.05) is 30.3 Å². The molecule has 7 heteroatoms. The zero-order valence-corrected chi connectivity index (χ0v) is 13.7. The second-order valence-electron chi connectivity index (χ2n) is 5.20. The van der Waals surface area contributed by atoms with Crippen molar-refractivity contribution < 1.29 is 0 Å². The molecule has 0 fully saturated rings. The molecule has 2 heterocycles. The van der Waals surface area contributed by atoms with Crippen LogP contribution in [0.1, 0.15) is 19.4 Å². The normalized spacial score (nSPS) is 11.3. The lowest BCUT2D eigenvalue weighted by Crippen LogP contribution is -2.40. The van der Waals surface area contributed by atoms with Crippen LogP contribution in [0, 0.1) is 0 Å². The molecular formula is C16H17ClN4O2. The summed E-state index contributed by atoms with van der Waals surface area (Å²) >= 11 is 6.25. The maximum absolute atomic E-state index is 12.7. The molecule has 0 radical (unpaired) electrons. The Balaban J connectivity index is 2.34. The molecule has 120 valence electrons. The maximum Gasteiger partial charge on any atom is 0.332 e. The van der Waals surface area contributed by atoms with E-state index in [1.54, 1.807) is 11.5 Å². The van der Waals surface area contributed by atoms with Gasteiger partial charge in [-0.15, -0.1) is 0 Å². The van der Waals surface area contributed by atoms with Crippen LogP contribution in [-0.4, -0.2) is 18.7 Å². The molecule has 0 bridgehead atoms. The third kappa shape index (κ3) is 2.49. The van der Waals surface area contributed by atoms with Crippen LogP contribution in [0.25, 0.3) is 11.2 Å². The van der Waals surface area contributed by atoms with E-state index in [0.717, 1.165) is 5.56 Å². The Morgan fingerprint density at radius 3 is 2.26 bits per heavy atom. The van der Waals surface area contributed by atoms with Crippen LogP contribution in [0.4, 0.5) is 0 Å². The van der Waals surface area contributed by atoms with E-state index in [9.17, 15) is 9.59 Å². The quantitative estimate of drug-likeness (QED) is 0.687. The third-order valence-electron chi connectivity index (χ3n) is 3.88. The van der Waals surface area contributed by atoms with E-state index in [1.807, 2.05) is 37.3 Å². The van der Waals surface area contributed by atoms with E-state index in [0.29, 0.717) is 30.8 Å². The molecule has 0 spiro atoms. The minimum atomic E-state index is -0.354. The van der Waals surface area contributed by atoms with Gasteiger partial charge in [-0.05, 0) is 31.0 Å². The van der Waals surface area contributed by atoms with Crippen molar-refractivity contribution in [2.24, 2.45) is 0 Å². The highest BCUT2D eigenvalue weighted by molar-refractivity contribution is 6.29. The number of imidazole rings is 1.